The van der Waals surface area contributed by atoms with Gasteiger partial charge in [0, 0.05) is 0 Å². The van der Waals surface area contributed by atoms with Crippen LogP contribution in [-0.2, 0) is 15.5 Å². The quantitative estimate of drug-likeness (QED) is 0.262. The van der Waals surface area contributed by atoms with Crippen molar-refractivity contribution in [3.63, 3.8) is 0 Å². The summed E-state index contributed by atoms with van der Waals surface area (Å²) in [5, 5.41) is 0. The molecule has 0 amide bonds. The molecule has 0 fully saturated rings. The number of unbranched alkanes of at least 4 members (excludes halogenated alkanes) is 1. The average molecular weight is 160 g/mol. The van der Waals surface area contributed by atoms with E-state index in [1.807, 2.05) is 6.92 Å². The van der Waals surface area contributed by atoms with Crippen LogP contribution >= 0.6 is 0 Å². The fourth-order valence-electron chi connectivity index (χ4n) is 0.271. The zero-order chi connectivity index (χ0) is 6.41. The van der Waals surface area contributed by atoms with Crippen LogP contribution in [0, 0.1) is 0 Å². The molecule has 0 aliphatic heterocycles. The first-order chi connectivity index (χ1) is 3.77. The van der Waals surface area contributed by atoms with E-state index in [2.05, 4.69) is 4.18 Å². The van der Waals surface area contributed by atoms with Crippen molar-refractivity contribution in [1.82, 2.24) is 0 Å². The molecule has 5 heteroatoms. The summed E-state index contributed by atoms with van der Waals surface area (Å²) in [7, 11) is 0. The molecule has 1 unspecified atom stereocenters. The van der Waals surface area contributed by atoms with Crippen LogP contribution in [0.25, 0.3) is 0 Å². The summed E-state index contributed by atoms with van der Waals surface area (Å²) >= 11 is -2.32. The van der Waals surface area contributed by atoms with Crippen molar-refractivity contribution >= 4 is 11.4 Å². The summed E-state index contributed by atoms with van der Waals surface area (Å²) in [5.41, 5.74) is 0. The molecule has 0 rings (SSSR count). The fraction of sp³-hybridized carbons (Fsp3) is 1.00. The van der Waals surface area contributed by atoms with Gasteiger partial charge in [-0.1, -0.05) is 13.3 Å². The van der Waals surface area contributed by atoms with E-state index in [4.69, 9.17) is 0 Å². The van der Waals surface area contributed by atoms with Gasteiger partial charge in [0.15, 0.2) is 0 Å². The Morgan fingerprint density at radius 2 is 2.22 bits per heavy atom. The van der Waals surface area contributed by atoms with E-state index in [0.717, 1.165) is 12.8 Å². The van der Waals surface area contributed by atoms with E-state index in [9.17, 15) is 8.76 Å². The number of hydrogen-bond acceptors (Lipinski definition) is 3. The maximum absolute atomic E-state index is 9.65. The SMILES string of the molecule is CCCCOS(=O)[O-].[Na+]. The molecular weight excluding hydrogens is 151 g/mol. The second-order valence-electron chi connectivity index (χ2n) is 1.38. The number of hydrogen-bond donors (Lipinski definition) is 0. The van der Waals surface area contributed by atoms with E-state index in [-0.39, 0.29) is 29.6 Å². The maximum atomic E-state index is 9.65. The van der Waals surface area contributed by atoms with Gasteiger partial charge in [0.25, 0.3) is 0 Å². The molecular formula is C4H9NaO3S. The fourth-order valence-corrected chi connectivity index (χ4v) is 0.525. The first-order valence-corrected chi connectivity index (χ1v) is 3.50. The van der Waals surface area contributed by atoms with Crippen molar-refractivity contribution < 1.29 is 42.5 Å². The van der Waals surface area contributed by atoms with Gasteiger partial charge in [-0.25, -0.2) is 4.21 Å². The Hall–Kier alpha value is 1.07. The van der Waals surface area contributed by atoms with Gasteiger partial charge < -0.3 is 8.74 Å². The standard InChI is InChI=1S/C4H10O3S.Na/c1-2-3-4-7-8(5)6;/h2-4H2,1H3,(H,5,6);/q;+1/p-1. The van der Waals surface area contributed by atoms with Crippen LogP contribution in [0.15, 0.2) is 0 Å². The molecule has 0 N–H and O–H groups in total. The van der Waals surface area contributed by atoms with Crippen LogP contribution in [0.2, 0.25) is 0 Å². The maximum Gasteiger partial charge on any atom is 1.00 e. The van der Waals surface area contributed by atoms with Crippen molar-refractivity contribution in [2.75, 3.05) is 6.61 Å². The molecule has 0 aromatic heterocycles. The third-order valence-corrected chi connectivity index (χ3v) is 1.04. The van der Waals surface area contributed by atoms with E-state index >= 15 is 0 Å². The zero-order valence-electron chi connectivity index (χ0n) is 5.75. The van der Waals surface area contributed by atoms with Crippen molar-refractivity contribution in [3.8, 4) is 0 Å². The summed E-state index contributed by atoms with van der Waals surface area (Å²) in [4.78, 5) is 0. The van der Waals surface area contributed by atoms with Crippen LogP contribution < -0.4 is 29.6 Å². The normalized spacial score (nSPS) is 12.2. The molecule has 0 spiro atoms. The Morgan fingerprint density at radius 3 is 2.56 bits per heavy atom. The third kappa shape index (κ3) is 12.3. The molecule has 0 heterocycles. The smallest absolute Gasteiger partial charge is 0.750 e. The van der Waals surface area contributed by atoms with Gasteiger partial charge in [-0.05, 0) is 6.42 Å². The molecule has 0 radical (unpaired) electrons. The van der Waals surface area contributed by atoms with Gasteiger partial charge in [-0.15, -0.1) is 0 Å². The van der Waals surface area contributed by atoms with Crippen LogP contribution in [0.5, 0.6) is 0 Å². The minimum absolute atomic E-state index is 0. The predicted octanol–water partition coefficient (Wildman–Crippen LogP) is -2.40. The van der Waals surface area contributed by atoms with Crippen molar-refractivity contribution in [1.29, 1.82) is 0 Å². The van der Waals surface area contributed by atoms with E-state index in [1.165, 1.54) is 0 Å². The summed E-state index contributed by atoms with van der Waals surface area (Å²) in [6, 6.07) is 0. The Labute approximate surface area is 79.9 Å². The first-order valence-electron chi connectivity index (χ1n) is 2.50. The summed E-state index contributed by atoms with van der Waals surface area (Å²) in [6.45, 7) is 2.28. The molecule has 0 saturated heterocycles. The van der Waals surface area contributed by atoms with E-state index in [1.54, 1.807) is 0 Å². The van der Waals surface area contributed by atoms with Crippen molar-refractivity contribution in [2.45, 2.75) is 19.8 Å². The van der Waals surface area contributed by atoms with Crippen LogP contribution in [0.3, 0.4) is 0 Å². The molecule has 1 atom stereocenters. The monoisotopic (exact) mass is 160 g/mol. The molecule has 0 aliphatic rings. The van der Waals surface area contributed by atoms with Gasteiger partial charge in [0.2, 0.25) is 0 Å². The van der Waals surface area contributed by atoms with Gasteiger partial charge in [-0.3, -0.25) is 0 Å². The van der Waals surface area contributed by atoms with E-state index in [0.29, 0.717) is 6.61 Å². The predicted molar refractivity (Wildman–Crippen MR) is 29.8 cm³/mol. The van der Waals surface area contributed by atoms with Crippen molar-refractivity contribution in [2.24, 2.45) is 0 Å². The van der Waals surface area contributed by atoms with Gasteiger partial charge >= 0.3 is 29.6 Å². The second-order valence-corrected chi connectivity index (χ2v) is 2.02. The van der Waals surface area contributed by atoms with Gasteiger partial charge in [-0.2, -0.15) is 0 Å². The Balaban J connectivity index is 0. The molecule has 0 aromatic rings. The van der Waals surface area contributed by atoms with Gasteiger partial charge in [0.05, 0.1) is 18.0 Å². The number of rotatable bonds is 4. The molecule has 9 heavy (non-hydrogen) atoms. The molecule has 0 aliphatic carbocycles. The average Bonchev–Trinajstić information content (AvgIpc) is 1.66. The van der Waals surface area contributed by atoms with E-state index < -0.39 is 11.4 Å². The topological polar surface area (TPSA) is 49.4 Å². The molecule has 3 nitrogen and oxygen atoms in total. The Kier molecular flexibility index (Phi) is 12.8. The molecule has 50 valence electrons. The second kappa shape index (κ2) is 9.07. The van der Waals surface area contributed by atoms with Crippen LogP contribution in [-0.4, -0.2) is 15.4 Å². The summed E-state index contributed by atoms with van der Waals surface area (Å²) < 4.78 is 23.5. The minimum Gasteiger partial charge on any atom is -0.750 e. The minimum atomic E-state index is -2.32. The third-order valence-electron chi connectivity index (χ3n) is 0.677. The van der Waals surface area contributed by atoms with Crippen LogP contribution in [0.1, 0.15) is 19.8 Å². The van der Waals surface area contributed by atoms with Gasteiger partial charge in [0.1, 0.15) is 0 Å². The summed E-state index contributed by atoms with van der Waals surface area (Å²) in [5.74, 6) is 0. The zero-order valence-corrected chi connectivity index (χ0v) is 8.57. The Bertz CT molecular complexity index is 78.2. The van der Waals surface area contributed by atoms with Crippen molar-refractivity contribution in [3.05, 3.63) is 0 Å². The molecule has 0 saturated carbocycles. The summed E-state index contributed by atoms with van der Waals surface area (Å²) in [6.07, 6.45) is 1.76. The Morgan fingerprint density at radius 1 is 1.67 bits per heavy atom. The largest absolute Gasteiger partial charge is 1.00 e. The molecule has 0 aromatic carbocycles. The van der Waals surface area contributed by atoms with Crippen LogP contribution in [0.4, 0.5) is 0 Å². The first kappa shape index (κ1) is 12.7. The molecule has 0 bridgehead atoms.